The summed E-state index contributed by atoms with van der Waals surface area (Å²) in [7, 11) is 0. The normalized spacial score (nSPS) is 10.6. The quantitative estimate of drug-likeness (QED) is 0.568. The lowest BCUT2D eigenvalue weighted by Crippen LogP contribution is -2.13. The zero-order valence-corrected chi connectivity index (χ0v) is 13.7. The van der Waals surface area contributed by atoms with Gasteiger partial charge in [-0.05, 0) is 38.1 Å². The Hall–Kier alpha value is -3.42. The number of hydrogen-bond donors (Lipinski definition) is 1. The molecule has 2 aromatic heterocycles. The van der Waals surface area contributed by atoms with E-state index in [9.17, 15) is 14.9 Å². The van der Waals surface area contributed by atoms with Crippen molar-refractivity contribution < 1.29 is 14.5 Å². The average Bonchev–Trinajstić information content (AvgIpc) is 2.94. The van der Waals surface area contributed by atoms with Crippen LogP contribution in [0.15, 0.2) is 42.7 Å². The number of hydrogen-bond acceptors (Lipinski definition) is 5. The van der Waals surface area contributed by atoms with E-state index < -0.39 is 10.8 Å². The van der Waals surface area contributed by atoms with Gasteiger partial charge in [-0.3, -0.25) is 14.9 Å². The van der Waals surface area contributed by atoms with Crippen molar-refractivity contribution in [1.82, 2.24) is 9.38 Å². The summed E-state index contributed by atoms with van der Waals surface area (Å²) in [5.74, 6) is -0.304. The number of aromatic nitrogens is 2. The maximum Gasteiger partial charge on any atom is 0.311 e. The Bertz CT molecular complexity index is 964. The fourth-order valence-electron chi connectivity index (χ4n) is 2.47. The van der Waals surface area contributed by atoms with Gasteiger partial charge in [0, 0.05) is 24.0 Å². The molecule has 0 saturated heterocycles. The van der Waals surface area contributed by atoms with Crippen LogP contribution in [-0.4, -0.2) is 26.8 Å². The highest BCUT2D eigenvalue weighted by atomic mass is 16.6. The summed E-state index contributed by atoms with van der Waals surface area (Å²) >= 11 is 0. The van der Waals surface area contributed by atoms with Gasteiger partial charge in [0.2, 0.25) is 0 Å². The van der Waals surface area contributed by atoms with Crippen molar-refractivity contribution in [3.05, 3.63) is 64.1 Å². The number of imidazole rings is 1. The Kier molecular flexibility index (Phi) is 4.34. The fraction of sp³-hybridized carbons (Fsp3) is 0.176. The Balaban J connectivity index is 1.86. The molecule has 25 heavy (non-hydrogen) atoms. The summed E-state index contributed by atoms with van der Waals surface area (Å²) in [4.78, 5) is 27.3. The van der Waals surface area contributed by atoms with Gasteiger partial charge in [-0.15, -0.1) is 0 Å². The molecule has 0 radical (unpaired) electrons. The summed E-state index contributed by atoms with van der Waals surface area (Å²) in [6, 6.07) is 7.64. The van der Waals surface area contributed by atoms with Gasteiger partial charge in [0.15, 0.2) is 5.75 Å². The molecule has 0 fully saturated rings. The van der Waals surface area contributed by atoms with E-state index in [1.807, 2.05) is 13.1 Å². The standard InChI is InChI=1S/C17H16N4O4/c1-3-25-15-6-4-12(8-14(15)21(23)24)17(22)19-13-5-7-16-18-11(2)9-20(16)10-13/h4-10H,3H2,1-2H3,(H,19,22). The first kappa shape index (κ1) is 16.4. The van der Waals surface area contributed by atoms with E-state index in [-0.39, 0.29) is 17.0 Å². The molecule has 0 atom stereocenters. The van der Waals surface area contributed by atoms with Crippen LogP contribution in [0.5, 0.6) is 5.75 Å². The Morgan fingerprint density at radius 3 is 2.84 bits per heavy atom. The largest absolute Gasteiger partial charge is 0.487 e. The van der Waals surface area contributed by atoms with Crippen molar-refractivity contribution in [2.24, 2.45) is 0 Å². The third-order valence-electron chi connectivity index (χ3n) is 3.55. The molecule has 3 rings (SSSR count). The summed E-state index contributed by atoms with van der Waals surface area (Å²) in [6.07, 6.45) is 3.57. The van der Waals surface area contributed by atoms with Crippen molar-refractivity contribution in [2.45, 2.75) is 13.8 Å². The molecule has 1 aromatic carbocycles. The van der Waals surface area contributed by atoms with Gasteiger partial charge in [-0.25, -0.2) is 4.98 Å². The SMILES string of the molecule is CCOc1ccc(C(=O)Nc2ccc3nc(C)cn3c2)cc1[N+](=O)[O-]. The summed E-state index contributed by atoms with van der Waals surface area (Å²) in [6.45, 7) is 3.92. The number of anilines is 1. The minimum absolute atomic E-state index is 0.138. The summed E-state index contributed by atoms with van der Waals surface area (Å²) in [5, 5.41) is 13.9. The van der Waals surface area contributed by atoms with E-state index in [1.54, 1.807) is 29.7 Å². The molecular formula is C17H16N4O4. The third-order valence-corrected chi connectivity index (χ3v) is 3.55. The van der Waals surface area contributed by atoms with Crippen LogP contribution in [0.2, 0.25) is 0 Å². The van der Waals surface area contributed by atoms with E-state index in [1.165, 1.54) is 18.2 Å². The van der Waals surface area contributed by atoms with E-state index in [0.717, 1.165) is 11.3 Å². The monoisotopic (exact) mass is 340 g/mol. The third kappa shape index (κ3) is 3.42. The lowest BCUT2D eigenvalue weighted by Gasteiger charge is -2.08. The molecule has 8 heteroatoms. The Morgan fingerprint density at radius 1 is 1.32 bits per heavy atom. The molecule has 1 amide bonds. The van der Waals surface area contributed by atoms with Crippen molar-refractivity contribution in [1.29, 1.82) is 0 Å². The first-order chi connectivity index (χ1) is 12.0. The van der Waals surface area contributed by atoms with Crippen LogP contribution in [0.1, 0.15) is 23.0 Å². The Labute approximate surface area is 143 Å². The van der Waals surface area contributed by atoms with Crippen LogP contribution >= 0.6 is 0 Å². The number of carbonyl (C=O) groups excluding carboxylic acids is 1. The smallest absolute Gasteiger partial charge is 0.311 e. The minimum Gasteiger partial charge on any atom is -0.487 e. The topological polar surface area (TPSA) is 98.8 Å². The maximum atomic E-state index is 12.4. The number of rotatable bonds is 5. The van der Waals surface area contributed by atoms with E-state index in [0.29, 0.717) is 12.3 Å². The average molecular weight is 340 g/mol. The number of aryl methyl sites for hydroxylation is 1. The molecule has 0 saturated carbocycles. The highest BCUT2D eigenvalue weighted by Crippen LogP contribution is 2.28. The van der Waals surface area contributed by atoms with Gasteiger partial charge in [-0.1, -0.05) is 0 Å². The molecule has 0 aliphatic carbocycles. The molecule has 0 aliphatic heterocycles. The molecule has 0 aliphatic rings. The second-order valence-corrected chi connectivity index (χ2v) is 5.39. The van der Waals surface area contributed by atoms with E-state index in [2.05, 4.69) is 10.3 Å². The zero-order chi connectivity index (χ0) is 18.0. The van der Waals surface area contributed by atoms with Gasteiger partial charge in [0.25, 0.3) is 5.91 Å². The molecule has 3 aromatic rings. The number of ether oxygens (including phenoxy) is 1. The van der Waals surface area contributed by atoms with Crippen molar-refractivity contribution in [2.75, 3.05) is 11.9 Å². The minimum atomic E-state index is -0.567. The summed E-state index contributed by atoms with van der Waals surface area (Å²) < 4.78 is 7.02. The first-order valence-electron chi connectivity index (χ1n) is 7.66. The second kappa shape index (κ2) is 6.60. The van der Waals surface area contributed by atoms with Crippen LogP contribution in [0, 0.1) is 17.0 Å². The first-order valence-corrected chi connectivity index (χ1v) is 7.66. The Morgan fingerprint density at radius 2 is 2.12 bits per heavy atom. The molecule has 1 N–H and O–H groups in total. The number of nitro benzene ring substituents is 1. The molecule has 0 spiro atoms. The van der Waals surface area contributed by atoms with Gasteiger partial charge in [0.05, 0.1) is 22.9 Å². The fourth-order valence-corrected chi connectivity index (χ4v) is 2.47. The van der Waals surface area contributed by atoms with Gasteiger partial charge in [-0.2, -0.15) is 0 Å². The molecule has 8 nitrogen and oxygen atoms in total. The lowest BCUT2D eigenvalue weighted by molar-refractivity contribution is -0.385. The highest BCUT2D eigenvalue weighted by molar-refractivity contribution is 6.04. The molecule has 0 bridgehead atoms. The highest BCUT2D eigenvalue weighted by Gasteiger charge is 2.18. The lowest BCUT2D eigenvalue weighted by atomic mass is 10.1. The van der Waals surface area contributed by atoms with Crippen LogP contribution < -0.4 is 10.1 Å². The van der Waals surface area contributed by atoms with E-state index in [4.69, 9.17) is 4.74 Å². The number of benzene rings is 1. The number of pyridine rings is 1. The molecule has 0 unspecified atom stereocenters. The van der Waals surface area contributed by atoms with Crippen LogP contribution in [0.4, 0.5) is 11.4 Å². The molecule has 2 heterocycles. The second-order valence-electron chi connectivity index (χ2n) is 5.39. The van der Waals surface area contributed by atoms with Gasteiger partial charge in [0.1, 0.15) is 5.65 Å². The van der Waals surface area contributed by atoms with Crippen molar-refractivity contribution in [3.63, 3.8) is 0 Å². The number of fused-ring (bicyclic) bond motifs is 1. The maximum absolute atomic E-state index is 12.4. The number of nitro groups is 1. The number of carbonyl (C=O) groups is 1. The molecular weight excluding hydrogens is 324 g/mol. The number of amides is 1. The van der Waals surface area contributed by atoms with Gasteiger partial charge < -0.3 is 14.5 Å². The number of nitrogens with zero attached hydrogens (tertiary/aromatic N) is 3. The number of nitrogens with one attached hydrogen (secondary N) is 1. The predicted molar refractivity (Wildman–Crippen MR) is 92.1 cm³/mol. The molecule has 128 valence electrons. The van der Waals surface area contributed by atoms with Gasteiger partial charge >= 0.3 is 5.69 Å². The predicted octanol–water partition coefficient (Wildman–Crippen LogP) is 3.20. The van der Waals surface area contributed by atoms with Crippen LogP contribution in [-0.2, 0) is 0 Å². The van der Waals surface area contributed by atoms with E-state index >= 15 is 0 Å². The summed E-state index contributed by atoms with van der Waals surface area (Å²) in [5.41, 5.74) is 2.14. The van der Waals surface area contributed by atoms with Crippen molar-refractivity contribution >= 4 is 22.9 Å². The van der Waals surface area contributed by atoms with Crippen LogP contribution in [0.3, 0.4) is 0 Å². The van der Waals surface area contributed by atoms with Crippen molar-refractivity contribution in [3.8, 4) is 5.75 Å². The van der Waals surface area contributed by atoms with Crippen LogP contribution in [0.25, 0.3) is 5.65 Å². The zero-order valence-electron chi connectivity index (χ0n) is 13.7.